The lowest BCUT2D eigenvalue weighted by molar-refractivity contribution is -0.117. The van der Waals surface area contributed by atoms with Crippen LogP contribution in [0.15, 0.2) is 52.8 Å². The number of allylic oxidation sites excluding steroid dienone is 3. The topological polar surface area (TPSA) is 125 Å². The lowest BCUT2D eigenvalue weighted by Crippen LogP contribution is -2.38. The third kappa shape index (κ3) is 12.0. The van der Waals surface area contributed by atoms with E-state index in [2.05, 4.69) is 57.7 Å². The average Bonchev–Trinajstić information content (AvgIpc) is 3.05. The van der Waals surface area contributed by atoms with E-state index in [9.17, 15) is 9.59 Å². The number of hydrogen-bond donors (Lipinski definition) is 4. The molecule has 216 valence electrons. The first-order valence-corrected chi connectivity index (χ1v) is 13.9. The van der Waals surface area contributed by atoms with E-state index in [1.165, 1.54) is 31.7 Å². The number of nitrogens with zero attached hydrogens (tertiary/aromatic N) is 3. The van der Waals surface area contributed by atoms with Crippen LogP contribution < -0.4 is 21.7 Å². The summed E-state index contributed by atoms with van der Waals surface area (Å²) < 4.78 is 0. The van der Waals surface area contributed by atoms with Gasteiger partial charge in [-0.05, 0) is 39.1 Å². The van der Waals surface area contributed by atoms with E-state index in [1.807, 2.05) is 26.1 Å². The molecule has 2 atom stereocenters. The standard InChI is InChI=1S/C25H37N7O2.C5H12/c1-6-28-9-10-29-25(34)20-12-23(18(3)30-16-20)31-24(33)13-22-8-7-19(11-17(2)32(22)5)21(14-26)15-27-4;1-3-5-4-2/h7-8,11-12,14-17,22,28H,6,9-10,13,26H2,1-5H3,(H,29,34)(H,31,33);3-5H2,1-2H3/b21-14+,27-15?;. The van der Waals surface area contributed by atoms with Gasteiger partial charge in [-0.25, -0.2) is 0 Å². The number of anilines is 1. The van der Waals surface area contributed by atoms with E-state index < -0.39 is 0 Å². The minimum atomic E-state index is -0.223. The van der Waals surface area contributed by atoms with Crippen molar-refractivity contribution in [2.75, 3.05) is 39.0 Å². The maximum Gasteiger partial charge on any atom is 0.252 e. The van der Waals surface area contributed by atoms with Crippen molar-refractivity contribution in [3.63, 3.8) is 0 Å². The van der Waals surface area contributed by atoms with Gasteiger partial charge in [-0.15, -0.1) is 0 Å². The molecule has 0 aliphatic carbocycles. The Labute approximate surface area is 235 Å². The zero-order chi connectivity index (χ0) is 29.2. The first-order valence-electron chi connectivity index (χ1n) is 13.9. The number of rotatable bonds is 12. The van der Waals surface area contributed by atoms with Gasteiger partial charge in [0, 0.05) is 62.8 Å². The van der Waals surface area contributed by atoms with Crippen molar-refractivity contribution in [3.05, 3.63) is 59.1 Å². The normalized spacial score (nSPS) is 17.7. The fourth-order valence-electron chi connectivity index (χ4n) is 3.91. The van der Waals surface area contributed by atoms with Crippen LogP contribution in [0.25, 0.3) is 0 Å². The molecule has 0 saturated carbocycles. The number of carbonyl (C=O) groups excluding carboxylic acids is 2. The molecule has 1 aliphatic rings. The van der Waals surface area contributed by atoms with Gasteiger partial charge in [-0.1, -0.05) is 58.3 Å². The summed E-state index contributed by atoms with van der Waals surface area (Å²) in [5.74, 6) is -0.379. The molecule has 2 amide bonds. The third-order valence-electron chi connectivity index (χ3n) is 6.43. The van der Waals surface area contributed by atoms with Crippen LogP contribution in [-0.2, 0) is 4.79 Å². The molecule has 0 saturated heterocycles. The molecular formula is C30H49N7O2. The lowest BCUT2D eigenvalue weighted by Gasteiger charge is -2.28. The van der Waals surface area contributed by atoms with Crippen molar-refractivity contribution in [3.8, 4) is 0 Å². The number of aryl methyl sites for hydroxylation is 1. The number of nitrogens with two attached hydrogens (primary N) is 1. The first kappa shape index (κ1) is 33.7. The number of unbranched alkanes of at least 4 members (excludes halogenated alkanes) is 2. The van der Waals surface area contributed by atoms with Crippen molar-refractivity contribution in [1.82, 2.24) is 20.5 Å². The van der Waals surface area contributed by atoms with Crippen LogP contribution in [-0.4, -0.2) is 73.7 Å². The predicted octanol–water partition coefficient (Wildman–Crippen LogP) is 3.98. The Morgan fingerprint density at radius 3 is 2.51 bits per heavy atom. The molecule has 0 aromatic carbocycles. The zero-order valence-electron chi connectivity index (χ0n) is 24.9. The molecule has 0 fully saturated rings. The third-order valence-corrected chi connectivity index (χ3v) is 6.43. The Kier molecular flexibility index (Phi) is 16.3. The summed E-state index contributed by atoms with van der Waals surface area (Å²) in [6.07, 6.45) is 15.2. The Balaban J connectivity index is 0.00000139. The second-order valence-corrected chi connectivity index (χ2v) is 9.54. The van der Waals surface area contributed by atoms with Crippen molar-refractivity contribution in [1.29, 1.82) is 0 Å². The van der Waals surface area contributed by atoms with Gasteiger partial charge in [0.05, 0.1) is 16.9 Å². The Bertz CT molecular complexity index is 1030. The second-order valence-electron chi connectivity index (χ2n) is 9.54. The number of hydrogen-bond acceptors (Lipinski definition) is 7. The molecule has 0 bridgehead atoms. The van der Waals surface area contributed by atoms with Gasteiger partial charge in [0.2, 0.25) is 5.91 Å². The van der Waals surface area contributed by atoms with Gasteiger partial charge < -0.3 is 21.7 Å². The molecule has 0 spiro atoms. The molecule has 0 radical (unpaired) electrons. The minimum Gasteiger partial charge on any atom is -0.404 e. The summed E-state index contributed by atoms with van der Waals surface area (Å²) in [6.45, 7) is 12.4. The fourth-order valence-corrected chi connectivity index (χ4v) is 3.91. The lowest BCUT2D eigenvalue weighted by atomic mass is 10.1. The highest BCUT2D eigenvalue weighted by atomic mass is 16.2. The Morgan fingerprint density at radius 2 is 1.92 bits per heavy atom. The quantitative estimate of drug-likeness (QED) is 0.235. The van der Waals surface area contributed by atoms with Crippen LogP contribution in [0.5, 0.6) is 0 Å². The number of carbonyl (C=O) groups is 2. The highest BCUT2D eigenvalue weighted by molar-refractivity contribution is 5.97. The van der Waals surface area contributed by atoms with Crippen molar-refractivity contribution >= 4 is 23.7 Å². The van der Waals surface area contributed by atoms with Gasteiger partial charge in [0.1, 0.15) is 0 Å². The Morgan fingerprint density at radius 1 is 1.21 bits per heavy atom. The molecule has 2 rings (SSSR count). The van der Waals surface area contributed by atoms with E-state index >= 15 is 0 Å². The second kappa shape index (κ2) is 18.9. The van der Waals surface area contributed by atoms with Crippen molar-refractivity contribution in [2.24, 2.45) is 10.7 Å². The van der Waals surface area contributed by atoms with Crippen LogP contribution in [0.3, 0.4) is 0 Å². The zero-order valence-corrected chi connectivity index (χ0v) is 24.9. The number of nitrogens with one attached hydrogen (secondary N) is 3. The number of aliphatic imine (C=N–C) groups is 1. The van der Waals surface area contributed by atoms with Gasteiger partial charge in [0.15, 0.2) is 0 Å². The fraction of sp³-hybridized carbons (Fsp3) is 0.533. The molecule has 5 N–H and O–H groups in total. The van der Waals surface area contributed by atoms with Crippen LogP contribution in [0.4, 0.5) is 5.69 Å². The molecule has 2 heterocycles. The summed E-state index contributed by atoms with van der Waals surface area (Å²) in [6, 6.07) is 1.63. The smallest absolute Gasteiger partial charge is 0.252 e. The van der Waals surface area contributed by atoms with E-state index in [1.54, 1.807) is 26.3 Å². The number of likely N-dealkylation sites (N-methyl/N-ethyl adjacent to an activating group) is 2. The molecule has 2 unspecified atom stereocenters. The van der Waals surface area contributed by atoms with Gasteiger partial charge in [-0.2, -0.15) is 0 Å². The highest BCUT2D eigenvalue weighted by Crippen LogP contribution is 2.21. The highest BCUT2D eigenvalue weighted by Gasteiger charge is 2.23. The molecular weight excluding hydrogens is 490 g/mol. The summed E-state index contributed by atoms with van der Waals surface area (Å²) in [7, 11) is 3.68. The van der Waals surface area contributed by atoms with Gasteiger partial charge >= 0.3 is 0 Å². The molecule has 39 heavy (non-hydrogen) atoms. The van der Waals surface area contributed by atoms with E-state index in [4.69, 9.17) is 5.73 Å². The average molecular weight is 540 g/mol. The molecule has 1 aromatic rings. The van der Waals surface area contributed by atoms with Crippen LogP contribution in [0, 0.1) is 6.92 Å². The van der Waals surface area contributed by atoms with Crippen LogP contribution >= 0.6 is 0 Å². The minimum absolute atomic E-state index is 0.0839. The Hall–Kier alpha value is -3.30. The maximum atomic E-state index is 12.9. The summed E-state index contributed by atoms with van der Waals surface area (Å²) >= 11 is 0. The van der Waals surface area contributed by atoms with Crippen molar-refractivity contribution in [2.45, 2.75) is 72.4 Å². The van der Waals surface area contributed by atoms with E-state index in [0.29, 0.717) is 30.0 Å². The van der Waals surface area contributed by atoms with Gasteiger partial charge in [-0.3, -0.25) is 24.5 Å². The molecule has 9 nitrogen and oxygen atoms in total. The van der Waals surface area contributed by atoms with E-state index in [-0.39, 0.29) is 30.3 Å². The summed E-state index contributed by atoms with van der Waals surface area (Å²) in [4.78, 5) is 35.8. The summed E-state index contributed by atoms with van der Waals surface area (Å²) in [5.41, 5.74) is 9.14. The van der Waals surface area contributed by atoms with Crippen LogP contribution in [0.2, 0.25) is 0 Å². The monoisotopic (exact) mass is 539 g/mol. The van der Waals surface area contributed by atoms with Crippen molar-refractivity contribution < 1.29 is 9.59 Å². The largest absolute Gasteiger partial charge is 0.404 e. The van der Waals surface area contributed by atoms with Gasteiger partial charge in [0.25, 0.3) is 5.91 Å². The SMILES string of the molecule is CCCCC.CCNCCNC(=O)c1cnc(C)c(NC(=O)CC2C=CC(/C(C=NC)=C/N)=CC(C)N2C)c1. The number of aromatic nitrogens is 1. The predicted molar refractivity (Wildman–Crippen MR) is 163 cm³/mol. The molecule has 9 heteroatoms. The first-order chi connectivity index (χ1) is 18.7. The van der Waals surface area contributed by atoms with Crippen LogP contribution in [0.1, 0.15) is 69.4 Å². The summed E-state index contributed by atoms with van der Waals surface area (Å²) in [5, 5.41) is 8.93. The number of pyridine rings is 1. The van der Waals surface area contributed by atoms with E-state index in [0.717, 1.165) is 17.7 Å². The maximum absolute atomic E-state index is 12.9. The molecule has 1 aliphatic heterocycles. The molecule has 1 aromatic heterocycles. The number of amides is 2.